The fourth-order valence-electron chi connectivity index (χ4n) is 6.57. The zero-order valence-corrected chi connectivity index (χ0v) is 26.9. The summed E-state index contributed by atoms with van der Waals surface area (Å²) in [7, 11) is -3.54. The smallest absolute Gasteiger partial charge is 0.431 e. The van der Waals surface area contributed by atoms with Gasteiger partial charge in [0.1, 0.15) is 0 Å². The van der Waals surface area contributed by atoms with Crippen molar-refractivity contribution in [2.24, 2.45) is 10.8 Å². The standard InChI is InChI=1S/C26H47B2N5O8S2/c1-3-41-24(34)17-23(18-9-5-4-6-10-18)33-43(39,40)22-14-8-12-20(16-22)32-42(37,38)21-13-7-11-19(15-21)29-26(30-25(27)35)31-28(2)36/h18-23,32-33,36H,3-17H2,1-2H3,(H2,29,30,31,35). The van der Waals surface area contributed by atoms with Crippen LogP contribution in [0.15, 0.2) is 4.90 Å². The highest BCUT2D eigenvalue weighted by Gasteiger charge is 2.39. The van der Waals surface area contributed by atoms with E-state index in [9.17, 15) is 31.4 Å². The molecular formula is C26H47B2N5O8S2. The first kappa shape index (κ1) is 35.8. The summed E-state index contributed by atoms with van der Waals surface area (Å²) in [6.07, 6.45) is 8.32. The van der Waals surface area contributed by atoms with Gasteiger partial charge in [0.15, 0.2) is 11.8 Å². The number of amides is 1. The number of carbonyl (C=O) groups is 2. The van der Waals surface area contributed by atoms with Gasteiger partial charge in [-0.2, -0.15) is 0 Å². The molecule has 1 amide bonds. The molecule has 0 aromatic rings. The van der Waals surface area contributed by atoms with E-state index in [1.165, 1.54) is 6.82 Å². The van der Waals surface area contributed by atoms with E-state index >= 15 is 0 Å². The molecule has 5 N–H and O–H groups in total. The molecule has 13 nitrogen and oxygen atoms in total. The summed E-state index contributed by atoms with van der Waals surface area (Å²) in [6, 6.07) is -1.41. The highest BCUT2D eigenvalue weighted by molar-refractivity contribution is 7.90. The zero-order chi connectivity index (χ0) is 31.6. The lowest BCUT2D eigenvalue weighted by Crippen LogP contribution is -2.52. The number of sulfonamides is 2. The van der Waals surface area contributed by atoms with E-state index in [4.69, 9.17) is 12.6 Å². The van der Waals surface area contributed by atoms with Gasteiger partial charge in [-0.05, 0) is 71.0 Å². The van der Waals surface area contributed by atoms with E-state index in [0.717, 1.165) is 32.1 Å². The summed E-state index contributed by atoms with van der Waals surface area (Å²) >= 11 is 0. The highest BCUT2D eigenvalue weighted by atomic mass is 32.2. The predicted octanol–water partition coefficient (Wildman–Crippen LogP) is 1.28. The molecule has 3 saturated carbocycles. The third kappa shape index (κ3) is 11.6. The topological polar surface area (TPSA) is 192 Å². The van der Waals surface area contributed by atoms with Gasteiger partial charge in [0, 0.05) is 18.1 Å². The molecule has 3 aliphatic rings. The van der Waals surface area contributed by atoms with Crippen LogP contribution in [-0.2, 0) is 29.6 Å². The van der Waals surface area contributed by atoms with Gasteiger partial charge in [-0.15, -0.1) is 0 Å². The second-order valence-electron chi connectivity index (χ2n) is 12.1. The molecule has 242 valence electrons. The lowest BCUT2D eigenvalue weighted by molar-refractivity contribution is -0.144. The number of hydrogen-bond acceptors (Lipinski definition) is 9. The van der Waals surface area contributed by atoms with Gasteiger partial charge >= 0.3 is 13.0 Å². The first-order chi connectivity index (χ1) is 20.3. The number of rotatable bonds is 12. The van der Waals surface area contributed by atoms with E-state index in [1.54, 1.807) is 6.92 Å². The summed E-state index contributed by atoms with van der Waals surface area (Å²) in [5, 5.41) is 13.4. The van der Waals surface area contributed by atoms with Crippen molar-refractivity contribution in [3.8, 4) is 0 Å². The fourth-order valence-corrected chi connectivity index (χ4v) is 10.3. The maximum Gasteiger partial charge on any atom is 0.431 e. The largest absolute Gasteiger partial charge is 0.466 e. The van der Waals surface area contributed by atoms with Gasteiger partial charge in [0.2, 0.25) is 27.9 Å². The zero-order valence-electron chi connectivity index (χ0n) is 25.3. The Hall–Kier alpha value is -1.68. The quantitative estimate of drug-likeness (QED) is 0.0902. The Morgan fingerprint density at radius 1 is 0.930 bits per heavy atom. The van der Waals surface area contributed by atoms with Crippen molar-refractivity contribution in [2.45, 2.75) is 132 Å². The van der Waals surface area contributed by atoms with Gasteiger partial charge < -0.3 is 20.4 Å². The number of nitrogens with one attached hydrogen (secondary N) is 4. The molecule has 0 saturated heterocycles. The lowest BCUT2D eigenvalue weighted by atomic mass is 9.83. The SMILES string of the molecule is [B]C(=O)NC(=NB(C)O)NC1CCCC(S(=O)(=O)NC2CCCC(S(=O)(=O)NC(CC(=O)OCC)C3CCCCC3)C2)C1. The Morgan fingerprint density at radius 3 is 2.14 bits per heavy atom. The number of hydrogen-bond donors (Lipinski definition) is 5. The summed E-state index contributed by atoms with van der Waals surface area (Å²) in [5.41, 5.74) is 0. The van der Waals surface area contributed by atoms with Crippen LogP contribution >= 0.6 is 0 Å². The average molecular weight is 643 g/mol. The first-order valence-corrected chi connectivity index (χ1v) is 18.6. The highest BCUT2D eigenvalue weighted by Crippen LogP contribution is 2.31. The molecule has 17 heteroatoms. The Kier molecular flexibility index (Phi) is 13.8. The van der Waals surface area contributed by atoms with Crippen molar-refractivity contribution in [3.63, 3.8) is 0 Å². The second-order valence-corrected chi connectivity index (χ2v) is 16.0. The molecular weight excluding hydrogens is 596 g/mol. The van der Waals surface area contributed by atoms with Crippen LogP contribution in [0.3, 0.4) is 0 Å². The van der Waals surface area contributed by atoms with Gasteiger partial charge in [0.05, 0.1) is 23.5 Å². The minimum atomic E-state index is -3.83. The summed E-state index contributed by atoms with van der Waals surface area (Å²) in [6.45, 7) is 3.35. The molecule has 0 heterocycles. The minimum absolute atomic E-state index is 0.0179. The monoisotopic (exact) mass is 643 g/mol. The van der Waals surface area contributed by atoms with E-state index in [-0.39, 0.29) is 43.8 Å². The maximum atomic E-state index is 13.6. The Balaban J connectivity index is 1.63. The lowest BCUT2D eigenvalue weighted by Gasteiger charge is -2.35. The molecule has 3 fully saturated rings. The average Bonchev–Trinajstić information content (AvgIpc) is 2.92. The molecule has 5 unspecified atom stereocenters. The van der Waals surface area contributed by atoms with Crippen LogP contribution in [0.1, 0.15) is 96.8 Å². The molecule has 3 rings (SSSR count). The van der Waals surface area contributed by atoms with Gasteiger partial charge in [0.25, 0.3) is 0 Å². The predicted molar refractivity (Wildman–Crippen MR) is 167 cm³/mol. The number of nitrogens with zero attached hydrogens (tertiary/aromatic N) is 1. The van der Waals surface area contributed by atoms with Gasteiger partial charge in [-0.1, -0.05) is 32.1 Å². The van der Waals surface area contributed by atoms with Gasteiger partial charge in [-0.25, -0.2) is 26.3 Å². The van der Waals surface area contributed by atoms with Crippen molar-refractivity contribution < 1.29 is 36.2 Å². The molecule has 0 spiro atoms. The molecule has 0 aliphatic heterocycles. The van der Waals surface area contributed by atoms with E-state index in [2.05, 4.69) is 25.0 Å². The van der Waals surface area contributed by atoms with Crippen molar-refractivity contribution in [1.82, 2.24) is 20.1 Å². The Bertz CT molecular complexity index is 1180. The molecule has 0 bridgehead atoms. The summed E-state index contributed by atoms with van der Waals surface area (Å²) in [4.78, 5) is 27.5. The number of guanidine groups is 1. The molecule has 0 aromatic carbocycles. The van der Waals surface area contributed by atoms with Gasteiger partial charge in [-0.3, -0.25) is 14.5 Å². The van der Waals surface area contributed by atoms with Crippen molar-refractivity contribution in [2.75, 3.05) is 6.61 Å². The molecule has 5 atom stereocenters. The Labute approximate surface area is 258 Å². The molecule has 3 aliphatic carbocycles. The van der Waals surface area contributed by atoms with Crippen molar-refractivity contribution >= 4 is 52.7 Å². The third-order valence-corrected chi connectivity index (χ3v) is 12.5. The van der Waals surface area contributed by atoms with Crippen LogP contribution in [0.25, 0.3) is 0 Å². The van der Waals surface area contributed by atoms with Crippen LogP contribution in [0, 0.1) is 5.92 Å². The Morgan fingerprint density at radius 2 is 1.53 bits per heavy atom. The van der Waals surface area contributed by atoms with Crippen LogP contribution < -0.4 is 20.1 Å². The second kappa shape index (κ2) is 16.6. The van der Waals surface area contributed by atoms with Crippen LogP contribution in [0.2, 0.25) is 6.82 Å². The maximum absolute atomic E-state index is 13.6. The number of esters is 1. The van der Waals surface area contributed by atoms with Crippen LogP contribution in [-0.4, -0.2) is 89.7 Å². The molecule has 0 aromatic heterocycles. The molecule has 2 radical (unpaired) electrons. The van der Waals surface area contributed by atoms with Crippen molar-refractivity contribution in [3.05, 3.63) is 0 Å². The molecule has 43 heavy (non-hydrogen) atoms. The van der Waals surface area contributed by atoms with Crippen molar-refractivity contribution in [1.29, 1.82) is 0 Å². The van der Waals surface area contributed by atoms with Crippen LogP contribution in [0.4, 0.5) is 4.79 Å². The third-order valence-electron chi connectivity index (χ3n) is 8.59. The number of ether oxygens (including phenoxy) is 1. The summed E-state index contributed by atoms with van der Waals surface area (Å²) < 4.78 is 64.8. The van der Waals surface area contributed by atoms with E-state index < -0.39 is 61.5 Å². The minimum Gasteiger partial charge on any atom is -0.466 e. The van der Waals surface area contributed by atoms with E-state index in [0.29, 0.717) is 38.5 Å². The normalized spacial score (nSPS) is 26.7. The number of carbonyl (C=O) groups excluding carboxylic acids is 2. The summed E-state index contributed by atoms with van der Waals surface area (Å²) in [5.74, 6) is -1.26. The first-order valence-electron chi connectivity index (χ1n) is 15.6. The van der Waals surface area contributed by atoms with Crippen LogP contribution in [0.5, 0.6) is 0 Å². The van der Waals surface area contributed by atoms with E-state index in [1.807, 2.05) is 0 Å². The fraction of sp³-hybridized carbons (Fsp3) is 0.885.